The lowest BCUT2D eigenvalue weighted by molar-refractivity contribution is -0.155. The number of halogens is 2. The SMILES string of the molecule is C=CCOC1CC([C@@H](O[Si](C)(C)C(C)(C)C)[C@H](Cc2cc(F)cc(F)c2)C(=O)OCc2ccccc2)N(C(=O)OC(C)(C)C)C1. The van der Waals surface area contributed by atoms with Gasteiger partial charge < -0.3 is 18.6 Å². The summed E-state index contributed by atoms with van der Waals surface area (Å²) >= 11 is 0. The van der Waals surface area contributed by atoms with Crippen LogP contribution in [0.1, 0.15) is 59.1 Å². The summed E-state index contributed by atoms with van der Waals surface area (Å²) in [5, 5.41) is -0.261. The molecule has 0 N–H and O–H groups in total. The van der Waals surface area contributed by atoms with Crippen molar-refractivity contribution in [2.24, 2.45) is 5.92 Å². The molecule has 0 radical (unpaired) electrons. The Hall–Kier alpha value is -3.08. The molecule has 2 unspecified atom stereocenters. The Balaban J connectivity index is 2.13. The number of benzene rings is 2. The second-order valence-electron chi connectivity index (χ2n) is 14.2. The number of hydrogen-bond donors (Lipinski definition) is 0. The molecule has 4 atom stereocenters. The predicted molar refractivity (Wildman–Crippen MR) is 173 cm³/mol. The molecule has 1 aliphatic heterocycles. The van der Waals surface area contributed by atoms with Crippen LogP contribution in [0.5, 0.6) is 0 Å². The number of amides is 1. The Morgan fingerprint density at radius 3 is 2.20 bits per heavy atom. The van der Waals surface area contributed by atoms with E-state index in [2.05, 4.69) is 40.4 Å². The first-order valence-electron chi connectivity index (χ1n) is 15.5. The smallest absolute Gasteiger partial charge is 0.410 e. The Morgan fingerprint density at radius 2 is 1.64 bits per heavy atom. The van der Waals surface area contributed by atoms with Gasteiger partial charge in [0.05, 0.1) is 37.3 Å². The van der Waals surface area contributed by atoms with Gasteiger partial charge in [0.15, 0.2) is 8.32 Å². The molecular weight excluding hydrogens is 596 g/mol. The van der Waals surface area contributed by atoms with Crippen molar-refractivity contribution in [3.8, 4) is 0 Å². The van der Waals surface area contributed by atoms with E-state index in [0.29, 0.717) is 6.42 Å². The van der Waals surface area contributed by atoms with Crippen LogP contribution >= 0.6 is 0 Å². The fourth-order valence-electron chi connectivity index (χ4n) is 5.09. The van der Waals surface area contributed by atoms with Gasteiger partial charge in [0.1, 0.15) is 23.8 Å². The normalized spacial score (nSPS) is 18.8. The first-order chi connectivity index (χ1) is 20.9. The van der Waals surface area contributed by atoms with Gasteiger partial charge in [0.25, 0.3) is 0 Å². The largest absolute Gasteiger partial charge is 0.461 e. The highest BCUT2D eigenvalue weighted by Gasteiger charge is 2.51. The minimum absolute atomic E-state index is 0.00597. The third kappa shape index (κ3) is 10.5. The van der Waals surface area contributed by atoms with Gasteiger partial charge in [0.2, 0.25) is 0 Å². The molecule has 7 nitrogen and oxygen atoms in total. The van der Waals surface area contributed by atoms with Crippen molar-refractivity contribution < 1.29 is 37.0 Å². The Kier molecular flexibility index (Phi) is 12.1. The maximum atomic E-state index is 14.4. The van der Waals surface area contributed by atoms with E-state index >= 15 is 0 Å². The van der Waals surface area contributed by atoms with E-state index in [1.807, 2.05) is 30.3 Å². The average Bonchev–Trinajstić information content (AvgIpc) is 3.35. The standard InChI is InChI=1S/C35H49F2NO6Si/c1-10-16-41-28-21-30(38(22-28)33(40)43-34(2,3)4)31(44-45(8,9)35(5,6)7)29(19-25-17-26(36)20-27(37)18-25)32(39)42-23-24-14-12-11-13-15-24/h10-15,17-18,20,28-31H,1,16,19,21-23H2,2-9H3/t28?,29-,30?,31-/m0/s1. The number of nitrogens with zero attached hydrogens (tertiary/aromatic N) is 1. The average molecular weight is 646 g/mol. The van der Waals surface area contributed by atoms with Crippen LogP contribution in [-0.2, 0) is 36.5 Å². The van der Waals surface area contributed by atoms with Crippen LogP contribution in [0.2, 0.25) is 18.1 Å². The Bertz CT molecular complexity index is 1290. The monoisotopic (exact) mass is 645 g/mol. The number of ether oxygens (including phenoxy) is 3. The second-order valence-corrected chi connectivity index (χ2v) is 19.0. The van der Waals surface area contributed by atoms with E-state index in [-0.39, 0.29) is 42.9 Å². The zero-order valence-electron chi connectivity index (χ0n) is 27.9. The van der Waals surface area contributed by atoms with Gasteiger partial charge >= 0.3 is 12.1 Å². The highest BCUT2D eigenvalue weighted by atomic mass is 28.4. The van der Waals surface area contributed by atoms with Gasteiger partial charge in [-0.05, 0) is 75.0 Å². The topological polar surface area (TPSA) is 74.3 Å². The Morgan fingerprint density at radius 1 is 1.02 bits per heavy atom. The molecule has 3 rings (SSSR count). The molecule has 0 aromatic heterocycles. The molecule has 1 saturated heterocycles. The predicted octanol–water partition coefficient (Wildman–Crippen LogP) is 7.84. The van der Waals surface area contributed by atoms with E-state index in [9.17, 15) is 18.4 Å². The summed E-state index contributed by atoms with van der Waals surface area (Å²) in [6.07, 6.45) is 0.0835. The summed E-state index contributed by atoms with van der Waals surface area (Å²) in [4.78, 5) is 29.4. The molecule has 1 aliphatic rings. The molecule has 0 aliphatic carbocycles. The fraction of sp³-hybridized carbons (Fsp3) is 0.543. The lowest BCUT2D eigenvalue weighted by Crippen LogP contribution is -2.56. The van der Waals surface area contributed by atoms with E-state index in [4.69, 9.17) is 18.6 Å². The van der Waals surface area contributed by atoms with Gasteiger partial charge in [-0.15, -0.1) is 6.58 Å². The zero-order valence-corrected chi connectivity index (χ0v) is 28.9. The summed E-state index contributed by atoms with van der Waals surface area (Å²) in [6.45, 7) is 20.0. The third-order valence-corrected chi connectivity index (χ3v) is 12.8. The summed E-state index contributed by atoms with van der Waals surface area (Å²) in [6, 6.07) is 11.8. The van der Waals surface area contributed by atoms with Crippen molar-refractivity contribution in [1.29, 1.82) is 0 Å². The van der Waals surface area contributed by atoms with Crippen LogP contribution in [0.25, 0.3) is 0 Å². The van der Waals surface area contributed by atoms with Crippen LogP contribution in [0.3, 0.4) is 0 Å². The second kappa shape index (κ2) is 15.0. The lowest BCUT2D eigenvalue weighted by Gasteiger charge is -2.44. The molecule has 2 aromatic carbocycles. The van der Waals surface area contributed by atoms with Gasteiger partial charge in [-0.1, -0.05) is 57.2 Å². The van der Waals surface area contributed by atoms with Gasteiger partial charge in [0, 0.05) is 6.07 Å². The number of carbonyl (C=O) groups excluding carboxylic acids is 2. The molecule has 1 fully saturated rings. The summed E-state index contributed by atoms with van der Waals surface area (Å²) in [5.74, 6) is -3.11. The summed E-state index contributed by atoms with van der Waals surface area (Å²) in [7, 11) is -2.62. The maximum absolute atomic E-state index is 14.4. The van der Waals surface area contributed by atoms with Crippen LogP contribution in [-0.4, -0.2) is 62.3 Å². The molecule has 1 heterocycles. The lowest BCUT2D eigenvalue weighted by atomic mass is 9.88. The molecule has 10 heteroatoms. The first kappa shape index (κ1) is 36.4. The molecular formula is C35H49F2NO6Si. The van der Waals surface area contributed by atoms with Crippen molar-refractivity contribution in [3.63, 3.8) is 0 Å². The van der Waals surface area contributed by atoms with Crippen molar-refractivity contribution in [2.45, 2.75) is 103 Å². The number of hydrogen-bond acceptors (Lipinski definition) is 6. The van der Waals surface area contributed by atoms with Crippen LogP contribution in [0.15, 0.2) is 61.2 Å². The van der Waals surface area contributed by atoms with Crippen molar-refractivity contribution in [3.05, 3.63) is 83.9 Å². The minimum Gasteiger partial charge on any atom is -0.461 e. The van der Waals surface area contributed by atoms with Crippen LogP contribution < -0.4 is 0 Å². The van der Waals surface area contributed by atoms with Gasteiger partial charge in [-0.2, -0.15) is 0 Å². The highest BCUT2D eigenvalue weighted by molar-refractivity contribution is 6.74. The third-order valence-electron chi connectivity index (χ3n) is 8.30. The van der Waals surface area contributed by atoms with Crippen molar-refractivity contribution in [2.75, 3.05) is 13.2 Å². The maximum Gasteiger partial charge on any atom is 0.410 e. The van der Waals surface area contributed by atoms with Crippen molar-refractivity contribution >= 4 is 20.4 Å². The molecule has 45 heavy (non-hydrogen) atoms. The zero-order chi connectivity index (χ0) is 33.6. The number of likely N-dealkylation sites (tertiary alicyclic amines) is 1. The molecule has 0 bridgehead atoms. The first-order valence-corrected chi connectivity index (χ1v) is 18.4. The number of rotatable bonds is 12. The van der Waals surface area contributed by atoms with Crippen LogP contribution in [0, 0.1) is 17.6 Å². The van der Waals surface area contributed by atoms with Crippen molar-refractivity contribution in [1.82, 2.24) is 4.90 Å². The number of carbonyl (C=O) groups is 2. The van der Waals surface area contributed by atoms with E-state index in [1.54, 1.807) is 31.7 Å². The van der Waals surface area contributed by atoms with E-state index < -0.39 is 55.7 Å². The fourth-order valence-corrected chi connectivity index (χ4v) is 6.45. The molecule has 1 amide bonds. The minimum atomic E-state index is -2.62. The summed E-state index contributed by atoms with van der Waals surface area (Å²) in [5.41, 5.74) is 0.293. The Labute approximate surface area is 268 Å². The molecule has 2 aromatic rings. The molecule has 0 saturated carbocycles. The van der Waals surface area contributed by atoms with E-state index in [0.717, 1.165) is 11.6 Å². The highest BCUT2D eigenvalue weighted by Crippen LogP contribution is 2.41. The van der Waals surface area contributed by atoms with Gasteiger partial charge in [-0.3, -0.25) is 9.69 Å². The quantitative estimate of drug-likeness (QED) is 0.133. The summed E-state index contributed by atoms with van der Waals surface area (Å²) < 4.78 is 53.5. The molecule has 0 spiro atoms. The van der Waals surface area contributed by atoms with Gasteiger partial charge in [-0.25, -0.2) is 13.6 Å². The van der Waals surface area contributed by atoms with E-state index in [1.165, 1.54) is 12.1 Å². The molecule has 248 valence electrons. The number of esters is 1. The van der Waals surface area contributed by atoms with Crippen LogP contribution in [0.4, 0.5) is 13.6 Å².